The molecule has 3 rings (SSSR count). The van der Waals surface area contributed by atoms with E-state index in [-0.39, 0.29) is 23.4 Å². The SMILES string of the molecule is C=N/C(C)=C(\N)CN1CCc2c(ccc(O)c2[N+](=O)[O-])C1c1ccc(C(=O)N(CC)CC)cc1. The Labute approximate surface area is 199 Å². The van der Waals surface area contributed by atoms with Crippen molar-refractivity contribution in [2.75, 3.05) is 26.2 Å². The Kier molecular flexibility index (Phi) is 7.68. The van der Waals surface area contributed by atoms with E-state index in [4.69, 9.17) is 5.73 Å². The highest BCUT2D eigenvalue weighted by Gasteiger charge is 2.35. The number of hydrogen-bond acceptors (Lipinski definition) is 7. The third-order valence-corrected chi connectivity index (χ3v) is 6.39. The van der Waals surface area contributed by atoms with Crippen molar-refractivity contribution in [3.8, 4) is 5.75 Å². The van der Waals surface area contributed by atoms with Gasteiger partial charge < -0.3 is 15.7 Å². The summed E-state index contributed by atoms with van der Waals surface area (Å²) in [5.74, 6) is -0.389. The molecule has 1 amide bonds. The number of allylic oxidation sites excluding steroid dienone is 1. The summed E-state index contributed by atoms with van der Waals surface area (Å²) < 4.78 is 0. The topological polar surface area (TPSA) is 125 Å². The number of aromatic hydroxyl groups is 1. The molecule has 180 valence electrons. The molecule has 1 aliphatic rings. The molecule has 0 saturated carbocycles. The van der Waals surface area contributed by atoms with Gasteiger partial charge in [0.2, 0.25) is 0 Å². The van der Waals surface area contributed by atoms with Gasteiger partial charge in [0.15, 0.2) is 5.75 Å². The van der Waals surface area contributed by atoms with Gasteiger partial charge in [-0.1, -0.05) is 18.2 Å². The number of benzene rings is 2. The fraction of sp³-hybridized carbons (Fsp3) is 0.360. The van der Waals surface area contributed by atoms with Crippen LogP contribution in [0, 0.1) is 10.1 Å². The van der Waals surface area contributed by atoms with Crippen molar-refractivity contribution in [2.24, 2.45) is 10.7 Å². The molecule has 0 radical (unpaired) electrons. The zero-order chi connectivity index (χ0) is 25.0. The van der Waals surface area contributed by atoms with E-state index in [1.165, 1.54) is 6.07 Å². The lowest BCUT2D eigenvalue weighted by Crippen LogP contribution is -2.39. The van der Waals surface area contributed by atoms with Crippen molar-refractivity contribution in [2.45, 2.75) is 33.2 Å². The Morgan fingerprint density at radius 3 is 2.47 bits per heavy atom. The van der Waals surface area contributed by atoms with Gasteiger partial charge in [0, 0.05) is 43.0 Å². The number of phenolic OH excluding ortho intramolecular Hbond substituents is 1. The lowest BCUT2D eigenvalue weighted by Gasteiger charge is -2.37. The van der Waals surface area contributed by atoms with Gasteiger partial charge in [-0.05, 0) is 63.2 Å². The van der Waals surface area contributed by atoms with Crippen molar-refractivity contribution in [3.05, 3.63) is 80.2 Å². The minimum absolute atomic E-state index is 0.0436. The number of rotatable bonds is 8. The molecule has 0 spiro atoms. The fourth-order valence-electron chi connectivity index (χ4n) is 4.44. The summed E-state index contributed by atoms with van der Waals surface area (Å²) >= 11 is 0. The van der Waals surface area contributed by atoms with E-state index in [1.54, 1.807) is 30.0 Å². The molecule has 1 unspecified atom stereocenters. The number of fused-ring (bicyclic) bond motifs is 1. The van der Waals surface area contributed by atoms with E-state index in [2.05, 4.69) is 16.6 Å². The number of amides is 1. The molecule has 1 aliphatic heterocycles. The molecule has 0 fully saturated rings. The van der Waals surface area contributed by atoms with Gasteiger partial charge in [0.25, 0.3) is 5.91 Å². The van der Waals surface area contributed by atoms with Gasteiger partial charge >= 0.3 is 5.69 Å². The highest BCUT2D eigenvalue weighted by atomic mass is 16.6. The van der Waals surface area contributed by atoms with Crippen LogP contribution in [0.3, 0.4) is 0 Å². The Morgan fingerprint density at radius 2 is 1.91 bits per heavy atom. The second kappa shape index (κ2) is 10.5. The molecule has 3 N–H and O–H groups in total. The van der Waals surface area contributed by atoms with Gasteiger partial charge in [-0.15, -0.1) is 0 Å². The zero-order valence-electron chi connectivity index (χ0n) is 19.8. The first kappa shape index (κ1) is 24.9. The number of nitro benzene ring substituents is 1. The summed E-state index contributed by atoms with van der Waals surface area (Å²) in [5.41, 5.74) is 9.87. The quantitative estimate of drug-likeness (QED) is 0.348. The molecule has 2 aromatic carbocycles. The summed E-state index contributed by atoms with van der Waals surface area (Å²) in [7, 11) is 0. The molecule has 2 aromatic rings. The second-order valence-corrected chi connectivity index (χ2v) is 8.25. The van der Waals surface area contributed by atoms with Crippen molar-refractivity contribution < 1.29 is 14.8 Å². The number of carbonyl (C=O) groups is 1. The van der Waals surface area contributed by atoms with Crippen LogP contribution in [0.1, 0.15) is 53.9 Å². The molecule has 0 bridgehead atoms. The number of nitro groups is 1. The second-order valence-electron chi connectivity index (χ2n) is 8.25. The molecule has 0 saturated heterocycles. The molecule has 1 atom stereocenters. The Balaban J connectivity index is 2.09. The third-order valence-electron chi connectivity index (χ3n) is 6.39. The number of phenols is 1. The minimum atomic E-state index is -0.535. The minimum Gasteiger partial charge on any atom is -0.502 e. The van der Waals surface area contributed by atoms with Crippen LogP contribution >= 0.6 is 0 Å². The molecule has 34 heavy (non-hydrogen) atoms. The summed E-state index contributed by atoms with van der Waals surface area (Å²) in [5, 5.41) is 21.9. The fourth-order valence-corrected chi connectivity index (χ4v) is 4.44. The van der Waals surface area contributed by atoms with Crippen molar-refractivity contribution >= 4 is 18.3 Å². The smallest absolute Gasteiger partial charge is 0.314 e. The molecule has 9 heteroatoms. The van der Waals surface area contributed by atoms with Gasteiger partial charge in [-0.2, -0.15) is 0 Å². The highest BCUT2D eigenvalue weighted by molar-refractivity contribution is 5.94. The Hall–Kier alpha value is -3.72. The van der Waals surface area contributed by atoms with Crippen LogP contribution in [-0.4, -0.2) is 58.6 Å². The van der Waals surface area contributed by atoms with Gasteiger partial charge in [-0.3, -0.25) is 24.8 Å². The summed E-state index contributed by atoms with van der Waals surface area (Å²) in [6.07, 6.45) is 0.392. The summed E-state index contributed by atoms with van der Waals surface area (Å²) in [6.45, 7) is 11.3. The summed E-state index contributed by atoms with van der Waals surface area (Å²) in [6, 6.07) is 10.1. The highest BCUT2D eigenvalue weighted by Crippen LogP contribution is 2.42. The van der Waals surface area contributed by atoms with Crippen molar-refractivity contribution in [3.63, 3.8) is 0 Å². The van der Waals surface area contributed by atoms with Crippen LogP contribution < -0.4 is 5.73 Å². The van der Waals surface area contributed by atoms with Crippen LogP contribution in [-0.2, 0) is 6.42 Å². The van der Waals surface area contributed by atoms with Crippen LogP contribution in [0.2, 0.25) is 0 Å². The maximum absolute atomic E-state index is 12.7. The lowest BCUT2D eigenvalue weighted by atomic mass is 9.86. The van der Waals surface area contributed by atoms with Gasteiger partial charge in [0.05, 0.1) is 16.7 Å². The lowest BCUT2D eigenvalue weighted by molar-refractivity contribution is -0.386. The van der Waals surface area contributed by atoms with Crippen LogP contribution in [0.25, 0.3) is 0 Å². The first-order chi connectivity index (χ1) is 16.2. The van der Waals surface area contributed by atoms with E-state index < -0.39 is 4.92 Å². The van der Waals surface area contributed by atoms with E-state index in [1.807, 2.05) is 26.0 Å². The molecule has 1 heterocycles. The molecular formula is C25H31N5O4. The van der Waals surface area contributed by atoms with Gasteiger partial charge in [0.1, 0.15) is 0 Å². The average Bonchev–Trinajstić information content (AvgIpc) is 2.83. The van der Waals surface area contributed by atoms with E-state index >= 15 is 0 Å². The van der Waals surface area contributed by atoms with Crippen molar-refractivity contribution in [1.82, 2.24) is 9.80 Å². The van der Waals surface area contributed by atoms with E-state index in [0.29, 0.717) is 55.1 Å². The van der Waals surface area contributed by atoms with Crippen LogP contribution in [0.4, 0.5) is 5.69 Å². The van der Waals surface area contributed by atoms with Crippen LogP contribution in [0.5, 0.6) is 5.75 Å². The molecular weight excluding hydrogens is 434 g/mol. The molecule has 0 aromatic heterocycles. The predicted octanol–water partition coefficient (Wildman–Crippen LogP) is 3.62. The third kappa shape index (κ3) is 4.79. The number of aliphatic imine (C=N–C) groups is 1. The first-order valence-corrected chi connectivity index (χ1v) is 11.3. The largest absolute Gasteiger partial charge is 0.502 e. The average molecular weight is 466 g/mol. The number of carbonyl (C=O) groups excluding carboxylic acids is 1. The Morgan fingerprint density at radius 1 is 1.26 bits per heavy atom. The van der Waals surface area contributed by atoms with E-state index in [9.17, 15) is 20.0 Å². The summed E-state index contributed by atoms with van der Waals surface area (Å²) in [4.78, 5) is 31.7. The number of hydrogen-bond donors (Lipinski definition) is 2. The van der Waals surface area contributed by atoms with E-state index in [0.717, 1.165) is 11.1 Å². The molecule has 9 nitrogen and oxygen atoms in total. The number of nitrogens with zero attached hydrogens (tertiary/aromatic N) is 4. The van der Waals surface area contributed by atoms with Gasteiger partial charge in [-0.25, -0.2) is 0 Å². The zero-order valence-corrected chi connectivity index (χ0v) is 19.8. The predicted molar refractivity (Wildman–Crippen MR) is 132 cm³/mol. The molecule has 0 aliphatic carbocycles. The maximum Gasteiger partial charge on any atom is 0.314 e. The maximum atomic E-state index is 12.7. The van der Waals surface area contributed by atoms with Crippen LogP contribution in [0.15, 0.2) is 52.8 Å². The normalized spacial score (nSPS) is 16.4. The standard InChI is InChI=1S/C25H31N5O4/c1-5-28(6-2)25(32)18-9-7-17(8-10-18)23-19-11-12-22(31)24(30(33)34)20(19)13-14-29(23)15-21(26)16(3)27-4/h7-12,23,31H,4-6,13-15,26H2,1-3H3/b21-16-. The number of nitrogens with two attached hydrogens (primary N) is 1. The monoisotopic (exact) mass is 465 g/mol. The van der Waals surface area contributed by atoms with Crippen molar-refractivity contribution in [1.29, 1.82) is 0 Å². The Bertz CT molecular complexity index is 1120. The first-order valence-electron chi connectivity index (χ1n) is 11.3.